The van der Waals surface area contributed by atoms with Crippen LogP contribution >= 0.6 is 24.0 Å². The monoisotopic (exact) mass is 421 g/mol. The van der Waals surface area contributed by atoms with Crippen molar-refractivity contribution in [3.05, 3.63) is 40.3 Å². The van der Waals surface area contributed by atoms with E-state index in [-0.39, 0.29) is 23.7 Å². The molecule has 1 aromatic carbocycles. The predicted octanol–water partition coefficient (Wildman–Crippen LogP) is 2.45. The number of nitrogens with zero attached hydrogens (tertiary/aromatic N) is 1. The van der Waals surface area contributed by atoms with E-state index in [0.29, 0.717) is 35.9 Å². The van der Waals surface area contributed by atoms with Gasteiger partial charge in [-0.05, 0) is 49.0 Å². The van der Waals surface area contributed by atoms with Crippen LogP contribution in [0.2, 0.25) is 0 Å². The number of thioether (sulfide) groups is 1. The Labute approximate surface area is 173 Å². The first-order valence-electron chi connectivity index (χ1n) is 8.81. The minimum absolute atomic E-state index is 0.222. The van der Waals surface area contributed by atoms with Crippen LogP contribution in [0.3, 0.4) is 0 Å². The fourth-order valence-corrected chi connectivity index (χ4v) is 3.46. The number of esters is 1. The Hall–Kier alpha value is -2.39. The van der Waals surface area contributed by atoms with Gasteiger partial charge in [-0.2, -0.15) is 0 Å². The van der Waals surface area contributed by atoms with E-state index in [1.165, 1.54) is 12.0 Å². The van der Waals surface area contributed by atoms with Crippen molar-refractivity contribution in [2.45, 2.75) is 19.8 Å². The molecular weight excluding hydrogens is 398 g/mol. The highest BCUT2D eigenvalue weighted by molar-refractivity contribution is 8.18. The number of carbonyl (C=O) groups excluding carboxylic acids is 3. The number of ether oxygens (including phenoxy) is 1. The number of methoxy groups -OCH3 is 1. The lowest BCUT2D eigenvalue weighted by Gasteiger charge is -2.14. The Kier molecular flexibility index (Phi) is 8.46. The molecule has 2 rings (SSSR count). The fraction of sp³-hybridized carbons (Fsp3) is 0.368. The lowest BCUT2D eigenvalue weighted by atomic mass is 10.1. The van der Waals surface area contributed by atoms with E-state index in [2.05, 4.69) is 15.4 Å². The second kappa shape index (κ2) is 10.8. The number of hydrogen-bond donors (Lipinski definition) is 2. The van der Waals surface area contributed by atoms with Crippen LogP contribution < -0.4 is 10.6 Å². The summed E-state index contributed by atoms with van der Waals surface area (Å²) >= 11 is 6.08. The number of imide groups is 1. The molecule has 9 heteroatoms. The summed E-state index contributed by atoms with van der Waals surface area (Å²) in [6.07, 6.45) is 2.64. The number of rotatable bonds is 8. The maximum atomic E-state index is 12.5. The molecule has 1 aliphatic rings. The summed E-state index contributed by atoms with van der Waals surface area (Å²) in [6, 6.07) is 7.74. The molecule has 0 spiro atoms. The van der Waals surface area contributed by atoms with E-state index < -0.39 is 0 Å². The lowest BCUT2D eigenvalue weighted by molar-refractivity contribution is -0.140. The topological polar surface area (TPSA) is 87.7 Å². The number of hydrogen-bond acceptors (Lipinski definition) is 6. The molecule has 2 amide bonds. The molecule has 1 aromatic rings. The average molecular weight is 422 g/mol. The van der Waals surface area contributed by atoms with Crippen LogP contribution in [0, 0.1) is 6.92 Å². The standard InChI is InChI=1S/C19H23N3O4S2/c1-13-5-7-14(8-6-13)12-15-17(24)22(19(25)28-15)11-10-21-18(27)20-9-3-4-16(23)26-2/h5-8,12H,3-4,9-11H2,1-2H3,(H2,20,21,27)/b15-12-. The zero-order valence-corrected chi connectivity index (χ0v) is 17.5. The SMILES string of the molecule is COC(=O)CCCNC(=S)NCCN1C(=O)S/C(=C\c2ccc(C)cc2)C1=O. The normalized spacial score (nSPS) is 15.1. The van der Waals surface area contributed by atoms with Crippen LogP contribution in [-0.4, -0.2) is 53.9 Å². The molecule has 0 bridgehead atoms. The summed E-state index contributed by atoms with van der Waals surface area (Å²) < 4.78 is 4.56. The molecule has 1 saturated heterocycles. The first-order chi connectivity index (χ1) is 13.4. The van der Waals surface area contributed by atoms with Gasteiger partial charge in [0.1, 0.15) is 0 Å². The molecule has 0 radical (unpaired) electrons. The number of amides is 2. The molecule has 0 unspecified atom stereocenters. The maximum absolute atomic E-state index is 12.5. The number of aryl methyl sites for hydroxylation is 1. The van der Waals surface area contributed by atoms with Crippen molar-refractivity contribution in [2.24, 2.45) is 0 Å². The van der Waals surface area contributed by atoms with Crippen molar-refractivity contribution in [1.82, 2.24) is 15.5 Å². The molecule has 0 atom stereocenters. The lowest BCUT2D eigenvalue weighted by Crippen LogP contribution is -2.41. The summed E-state index contributed by atoms with van der Waals surface area (Å²) in [5.41, 5.74) is 2.01. The van der Waals surface area contributed by atoms with E-state index >= 15 is 0 Å². The summed E-state index contributed by atoms with van der Waals surface area (Å²) in [5.74, 6) is -0.562. The van der Waals surface area contributed by atoms with E-state index in [9.17, 15) is 14.4 Å². The molecule has 1 fully saturated rings. The molecule has 28 heavy (non-hydrogen) atoms. The van der Waals surface area contributed by atoms with Crippen LogP contribution in [0.15, 0.2) is 29.2 Å². The largest absolute Gasteiger partial charge is 0.469 e. The van der Waals surface area contributed by atoms with Gasteiger partial charge in [-0.25, -0.2) is 0 Å². The van der Waals surface area contributed by atoms with Crippen molar-refractivity contribution >= 4 is 52.3 Å². The quantitative estimate of drug-likeness (QED) is 0.286. The van der Waals surface area contributed by atoms with Crippen molar-refractivity contribution in [2.75, 3.05) is 26.7 Å². The van der Waals surface area contributed by atoms with Crippen molar-refractivity contribution in [1.29, 1.82) is 0 Å². The molecule has 0 aliphatic carbocycles. The van der Waals surface area contributed by atoms with Crippen LogP contribution in [0.25, 0.3) is 6.08 Å². The molecule has 0 saturated carbocycles. The molecule has 1 heterocycles. The summed E-state index contributed by atoms with van der Waals surface area (Å²) in [5, 5.41) is 6.04. The van der Waals surface area contributed by atoms with Crippen molar-refractivity contribution < 1.29 is 19.1 Å². The fourth-order valence-electron chi connectivity index (χ4n) is 2.39. The maximum Gasteiger partial charge on any atom is 0.305 e. The minimum atomic E-state index is -0.297. The Morgan fingerprint density at radius 3 is 2.57 bits per heavy atom. The Bertz CT molecular complexity index is 778. The molecule has 1 aliphatic heterocycles. The van der Waals surface area contributed by atoms with E-state index in [4.69, 9.17) is 12.2 Å². The third kappa shape index (κ3) is 6.65. The smallest absolute Gasteiger partial charge is 0.305 e. The van der Waals surface area contributed by atoms with Gasteiger partial charge in [0.15, 0.2) is 5.11 Å². The van der Waals surface area contributed by atoms with Crippen LogP contribution in [0.4, 0.5) is 4.79 Å². The summed E-state index contributed by atoms with van der Waals surface area (Å²) in [6.45, 7) is 3.09. The Balaban J connectivity index is 1.76. The van der Waals surface area contributed by atoms with Gasteiger partial charge in [-0.15, -0.1) is 0 Å². The van der Waals surface area contributed by atoms with Gasteiger partial charge in [0, 0.05) is 26.1 Å². The number of carbonyl (C=O) groups is 3. The Morgan fingerprint density at radius 2 is 1.89 bits per heavy atom. The molecule has 7 nitrogen and oxygen atoms in total. The van der Waals surface area contributed by atoms with Gasteiger partial charge in [0.2, 0.25) is 0 Å². The van der Waals surface area contributed by atoms with Gasteiger partial charge in [-0.3, -0.25) is 19.3 Å². The second-order valence-corrected chi connectivity index (χ2v) is 7.51. The van der Waals surface area contributed by atoms with Crippen LogP contribution in [-0.2, 0) is 14.3 Å². The highest BCUT2D eigenvalue weighted by atomic mass is 32.2. The Morgan fingerprint density at radius 1 is 1.21 bits per heavy atom. The number of benzene rings is 1. The third-order valence-corrected chi connectivity index (χ3v) is 5.14. The number of nitrogens with one attached hydrogen (secondary N) is 2. The van der Waals surface area contributed by atoms with Crippen LogP contribution in [0.5, 0.6) is 0 Å². The van der Waals surface area contributed by atoms with Crippen molar-refractivity contribution in [3.63, 3.8) is 0 Å². The van der Waals surface area contributed by atoms with Gasteiger partial charge in [-0.1, -0.05) is 29.8 Å². The third-order valence-electron chi connectivity index (χ3n) is 3.94. The van der Waals surface area contributed by atoms with Crippen LogP contribution in [0.1, 0.15) is 24.0 Å². The highest BCUT2D eigenvalue weighted by Gasteiger charge is 2.34. The van der Waals surface area contributed by atoms with Gasteiger partial charge in [0.25, 0.3) is 11.1 Å². The summed E-state index contributed by atoms with van der Waals surface area (Å²) in [7, 11) is 1.35. The van der Waals surface area contributed by atoms with Gasteiger partial charge in [0.05, 0.1) is 12.0 Å². The van der Waals surface area contributed by atoms with E-state index in [1.807, 2.05) is 31.2 Å². The highest BCUT2D eigenvalue weighted by Crippen LogP contribution is 2.31. The first-order valence-corrected chi connectivity index (χ1v) is 10.0. The van der Waals surface area contributed by atoms with E-state index in [1.54, 1.807) is 6.08 Å². The molecule has 0 aromatic heterocycles. The average Bonchev–Trinajstić information content (AvgIpc) is 2.94. The zero-order valence-electron chi connectivity index (χ0n) is 15.8. The molecule has 150 valence electrons. The number of thiocarbonyl (C=S) groups is 1. The van der Waals surface area contributed by atoms with Gasteiger partial charge >= 0.3 is 5.97 Å². The predicted molar refractivity (Wildman–Crippen MR) is 114 cm³/mol. The first kappa shape index (κ1) is 21.9. The molecular formula is C19H23N3O4S2. The molecule has 2 N–H and O–H groups in total. The minimum Gasteiger partial charge on any atom is -0.469 e. The van der Waals surface area contributed by atoms with Crippen molar-refractivity contribution in [3.8, 4) is 0 Å². The van der Waals surface area contributed by atoms with E-state index in [0.717, 1.165) is 22.9 Å². The van der Waals surface area contributed by atoms with Gasteiger partial charge < -0.3 is 15.4 Å². The zero-order chi connectivity index (χ0) is 20.5. The second-order valence-electron chi connectivity index (χ2n) is 6.11. The summed E-state index contributed by atoms with van der Waals surface area (Å²) in [4.78, 5) is 37.2.